The number of rotatable bonds is 4. The zero-order chi connectivity index (χ0) is 16.4. The Kier molecular flexibility index (Phi) is 4.68. The average molecular weight is 348 g/mol. The van der Waals surface area contributed by atoms with Crippen LogP contribution in [0.25, 0.3) is 5.69 Å². The molecular formula is C17H15ClFN3S. The Bertz CT molecular complexity index is 848. The number of halogens is 2. The van der Waals surface area contributed by atoms with Crippen LogP contribution in [-0.2, 0) is 5.75 Å². The third-order valence-electron chi connectivity index (χ3n) is 3.50. The van der Waals surface area contributed by atoms with Gasteiger partial charge in [0.1, 0.15) is 12.1 Å². The molecule has 0 spiro atoms. The molecule has 0 bridgehead atoms. The fraction of sp³-hybridized carbons (Fsp3) is 0.176. The quantitative estimate of drug-likeness (QED) is 0.624. The van der Waals surface area contributed by atoms with Crippen LogP contribution in [0, 0.1) is 19.7 Å². The molecule has 0 fully saturated rings. The molecule has 1 heterocycles. The van der Waals surface area contributed by atoms with E-state index in [2.05, 4.69) is 42.2 Å². The average Bonchev–Trinajstić information content (AvgIpc) is 2.94. The first-order valence-corrected chi connectivity index (χ1v) is 8.45. The lowest BCUT2D eigenvalue weighted by molar-refractivity contribution is 0.627. The van der Waals surface area contributed by atoms with Gasteiger partial charge >= 0.3 is 0 Å². The second-order valence-electron chi connectivity index (χ2n) is 5.30. The van der Waals surface area contributed by atoms with Crippen molar-refractivity contribution in [2.45, 2.75) is 24.8 Å². The highest BCUT2D eigenvalue weighted by Crippen LogP contribution is 2.28. The summed E-state index contributed by atoms with van der Waals surface area (Å²) in [5, 5.41) is 9.39. The molecule has 118 valence electrons. The van der Waals surface area contributed by atoms with E-state index in [1.807, 2.05) is 4.57 Å². The summed E-state index contributed by atoms with van der Waals surface area (Å²) in [7, 11) is 0. The number of benzene rings is 2. The van der Waals surface area contributed by atoms with E-state index in [9.17, 15) is 4.39 Å². The summed E-state index contributed by atoms with van der Waals surface area (Å²) in [5.74, 6) is 0.269. The van der Waals surface area contributed by atoms with Crippen LogP contribution in [-0.4, -0.2) is 14.8 Å². The topological polar surface area (TPSA) is 30.7 Å². The van der Waals surface area contributed by atoms with Gasteiger partial charge in [0.2, 0.25) is 0 Å². The highest BCUT2D eigenvalue weighted by Gasteiger charge is 2.11. The Balaban J connectivity index is 1.84. The Morgan fingerprint density at radius 3 is 2.74 bits per heavy atom. The van der Waals surface area contributed by atoms with Crippen molar-refractivity contribution >= 4 is 23.4 Å². The predicted molar refractivity (Wildman–Crippen MR) is 91.8 cm³/mol. The standard InChI is InChI=1S/C17H15ClFN3S/c1-11-3-6-16(12(2)7-11)22-10-20-21-17(22)23-9-13-4-5-14(19)8-15(13)18/h3-8,10H,9H2,1-2H3. The van der Waals surface area contributed by atoms with Gasteiger partial charge in [-0.15, -0.1) is 10.2 Å². The predicted octanol–water partition coefficient (Wildman–Crippen LogP) is 4.97. The molecule has 0 radical (unpaired) electrons. The van der Waals surface area contributed by atoms with Crippen molar-refractivity contribution in [2.75, 3.05) is 0 Å². The van der Waals surface area contributed by atoms with E-state index in [-0.39, 0.29) is 5.82 Å². The minimum atomic E-state index is -0.331. The maximum Gasteiger partial charge on any atom is 0.195 e. The molecule has 2 aromatic carbocycles. The van der Waals surface area contributed by atoms with Gasteiger partial charge < -0.3 is 0 Å². The van der Waals surface area contributed by atoms with Crippen LogP contribution >= 0.6 is 23.4 Å². The molecule has 3 aromatic rings. The maximum atomic E-state index is 13.1. The highest BCUT2D eigenvalue weighted by molar-refractivity contribution is 7.98. The first-order chi connectivity index (χ1) is 11.0. The molecule has 0 saturated heterocycles. The second kappa shape index (κ2) is 6.72. The summed E-state index contributed by atoms with van der Waals surface area (Å²) in [5.41, 5.74) is 4.29. The monoisotopic (exact) mass is 347 g/mol. The summed E-state index contributed by atoms with van der Waals surface area (Å²) < 4.78 is 15.1. The fourth-order valence-electron chi connectivity index (χ4n) is 2.34. The SMILES string of the molecule is Cc1ccc(-n2cnnc2SCc2ccc(F)cc2Cl)c(C)c1. The van der Waals surface area contributed by atoms with Crippen LogP contribution in [0.15, 0.2) is 47.9 Å². The summed E-state index contributed by atoms with van der Waals surface area (Å²) >= 11 is 7.59. The molecular weight excluding hydrogens is 333 g/mol. The summed E-state index contributed by atoms with van der Waals surface area (Å²) in [4.78, 5) is 0. The van der Waals surface area contributed by atoms with Crippen LogP contribution in [0.1, 0.15) is 16.7 Å². The van der Waals surface area contributed by atoms with Gasteiger partial charge in [-0.2, -0.15) is 0 Å². The van der Waals surface area contributed by atoms with Crippen LogP contribution in [0.4, 0.5) is 4.39 Å². The minimum absolute atomic E-state index is 0.331. The van der Waals surface area contributed by atoms with E-state index in [4.69, 9.17) is 11.6 Å². The minimum Gasteiger partial charge on any atom is -0.276 e. The van der Waals surface area contributed by atoms with Crippen molar-refractivity contribution in [1.29, 1.82) is 0 Å². The first-order valence-electron chi connectivity index (χ1n) is 7.09. The third-order valence-corrected chi connectivity index (χ3v) is 4.84. The molecule has 0 aliphatic heterocycles. The van der Waals surface area contributed by atoms with Gasteiger partial charge in [0.15, 0.2) is 5.16 Å². The zero-order valence-corrected chi connectivity index (χ0v) is 14.3. The van der Waals surface area contributed by atoms with Crippen LogP contribution in [0.5, 0.6) is 0 Å². The Hall–Kier alpha value is -1.85. The Morgan fingerprint density at radius 2 is 2.00 bits per heavy atom. The maximum absolute atomic E-state index is 13.1. The molecule has 0 aliphatic carbocycles. The molecule has 3 rings (SSSR count). The molecule has 0 N–H and O–H groups in total. The Morgan fingerprint density at radius 1 is 1.17 bits per heavy atom. The number of aromatic nitrogens is 3. The highest BCUT2D eigenvalue weighted by atomic mass is 35.5. The molecule has 0 atom stereocenters. The normalized spacial score (nSPS) is 11.0. The van der Waals surface area contributed by atoms with Crippen molar-refractivity contribution in [3.8, 4) is 5.69 Å². The van der Waals surface area contributed by atoms with E-state index in [0.29, 0.717) is 10.8 Å². The van der Waals surface area contributed by atoms with E-state index in [0.717, 1.165) is 22.0 Å². The van der Waals surface area contributed by atoms with Crippen molar-refractivity contribution in [3.05, 3.63) is 70.3 Å². The van der Waals surface area contributed by atoms with Crippen LogP contribution < -0.4 is 0 Å². The number of thioether (sulfide) groups is 1. The van der Waals surface area contributed by atoms with Crippen molar-refractivity contribution in [1.82, 2.24) is 14.8 Å². The lowest BCUT2D eigenvalue weighted by atomic mass is 10.1. The van der Waals surface area contributed by atoms with Gasteiger partial charge in [0.05, 0.1) is 5.69 Å². The smallest absolute Gasteiger partial charge is 0.195 e. The molecule has 3 nitrogen and oxygen atoms in total. The van der Waals surface area contributed by atoms with Gasteiger partial charge in [-0.25, -0.2) is 4.39 Å². The number of nitrogens with zero attached hydrogens (tertiary/aromatic N) is 3. The molecule has 0 aliphatic rings. The Labute approximate surface area is 143 Å². The lowest BCUT2D eigenvalue weighted by Gasteiger charge is -2.10. The van der Waals surface area contributed by atoms with Gasteiger partial charge in [-0.05, 0) is 43.2 Å². The van der Waals surface area contributed by atoms with Crippen molar-refractivity contribution in [2.24, 2.45) is 0 Å². The molecule has 0 amide bonds. The largest absolute Gasteiger partial charge is 0.276 e. The molecule has 23 heavy (non-hydrogen) atoms. The molecule has 0 saturated carbocycles. The number of aryl methyl sites for hydroxylation is 2. The molecule has 0 unspecified atom stereocenters. The van der Waals surface area contributed by atoms with E-state index in [1.54, 1.807) is 12.4 Å². The van der Waals surface area contributed by atoms with Gasteiger partial charge in [-0.3, -0.25) is 4.57 Å². The lowest BCUT2D eigenvalue weighted by Crippen LogP contribution is -1.98. The van der Waals surface area contributed by atoms with Crippen molar-refractivity contribution < 1.29 is 4.39 Å². The first kappa shape index (κ1) is 16.0. The second-order valence-corrected chi connectivity index (χ2v) is 6.65. The van der Waals surface area contributed by atoms with Gasteiger partial charge in [0, 0.05) is 10.8 Å². The molecule has 1 aromatic heterocycles. The van der Waals surface area contributed by atoms with E-state index in [1.165, 1.54) is 29.5 Å². The van der Waals surface area contributed by atoms with Crippen LogP contribution in [0.2, 0.25) is 5.02 Å². The third kappa shape index (κ3) is 3.57. The van der Waals surface area contributed by atoms with Crippen LogP contribution in [0.3, 0.4) is 0 Å². The number of hydrogen-bond acceptors (Lipinski definition) is 3. The summed E-state index contributed by atoms with van der Waals surface area (Å²) in [6, 6.07) is 10.7. The van der Waals surface area contributed by atoms with Gasteiger partial charge in [-0.1, -0.05) is 47.1 Å². The van der Waals surface area contributed by atoms with Crippen molar-refractivity contribution in [3.63, 3.8) is 0 Å². The van der Waals surface area contributed by atoms with E-state index < -0.39 is 0 Å². The number of hydrogen-bond donors (Lipinski definition) is 0. The fourth-order valence-corrected chi connectivity index (χ4v) is 3.58. The van der Waals surface area contributed by atoms with Gasteiger partial charge in [0.25, 0.3) is 0 Å². The summed E-state index contributed by atoms with van der Waals surface area (Å²) in [6.45, 7) is 4.13. The zero-order valence-electron chi connectivity index (χ0n) is 12.8. The summed E-state index contributed by atoms with van der Waals surface area (Å²) in [6.07, 6.45) is 1.70. The van der Waals surface area contributed by atoms with E-state index >= 15 is 0 Å². The molecule has 6 heteroatoms.